The lowest BCUT2D eigenvalue weighted by atomic mass is 9.93. The number of carbonyl (C=O) groups is 3. The Morgan fingerprint density at radius 3 is 2.70 bits per heavy atom. The van der Waals surface area contributed by atoms with E-state index in [0.29, 0.717) is 23.6 Å². The molecular weight excluding hydrogens is 436 g/mol. The standard InChI is InChI=1S/C25H30N4O3S/c1-16-6-4-11-28(12-16)23(30)18-7-5-10-27(13-18)20-9-3-8-19-22(20)25(32)29(24(19)31)14-21-26-17(2)15-33-21/h3,8-9,15-16,18H,4-7,10-14H2,1-2H3. The third-order valence-corrected chi connectivity index (χ3v) is 7.97. The normalized spacial score (nSPS) is 23.3. The average molecular weight is 467 g/mol. The van der Waals surface area contributed by atoms with Gasteiger partial charge >= 0.3 is 0 Å². The van der Waals surface area contributed by atoms with Gasteiger partial charge in [-0.3, -0.25) is 19.3 Å². The number of hydrogen-bond acceptors (Lipinski definition) is 6. The van der Waals surface area contributed by atoms with E-state index in [2.05, 4.69) is 16.8 Å². The van der Waals surface area contributed by atoms with Crippen molar-refractivity contribution in [3.63, 3.8) is 0 Å². The summed E-state index contributed by atoms with van der Waals surface area (Å²) in [5.41, 5.74) is 2.58. The van der Waals surface area contributed by atoms with Gasteiger partial charge in [-0.2, -0.15) is 0 Å². The van der Waals surface area contributed by atoms with E-state index in [0.717, 1.165) is 55.3 Å². The van der Waals surface area contributed by atoms with Crippen LogP contribution in [0, 0.1) is 18.8 Å². The second-order valence-electron chi connectivity index (χ2n) is 9.60. The lowest BCUT2D eigenvalue weighted by molar-refractivity contribution is -0.137. The molecule has 7 nitrogen and oxygen atoms in total. The molecule has 8 heteroatoms. The lowest BCUT2D eigenvalue weighted by Gasteiger charge is -2.38. The Kier molecular flexibility index (Phi) is 5.95. The molecule has 4 heterocycles. The van der Waals surface area contributed by atoms with Crippen LogP contribution in [0.15, 0.2) is 23.6 Å². The minimum atomic E-state index is -0.267. The summed E-state index contributed by atoms with van der Waals surface area (Å²) in [4.78, 5) is 49.6. The second kappa shape index (κ2) is 8.89. The predicted octanol–water partition coefficient (Wildman–Crippen LogP) is 3.72. The first kappa shape index (κ1) is 22.1. The fourth-order valence-corrected chi connectivity index (χ4v) is 6.14. The minimum absolute atomic E-state index is 0.0680. The molecule has 33 heavy (non-hydrogen) atoms. The number of anilines is 1. The van der Waals surface area contributed by atoms with Crippen LogP contribution in [-0.2, 0) is 11.3 Å². The first-order valence-corrected chi connectivity index (χ1v) is 12.7. The highest BCUT2D eigenvalue weighted by atomic mass is 32.1. The molecule has 0 N–H and O–H groups in total. The zero-order valence-corrected chi connectivity index (χ0v) is 20.1. The number of piperidine rings is 2. The number of likely N-dealkylation sites (tertiary alicyclic amines) is 1. The van der Waals surface area contributed by atoms with E-state index in [9.17, 15) is 14.4 Å². The van der Waals surface area contributed by atoms with E-state index in [1.54, 1.807) is 6.07 Å². The average Bonchev–Trinajstić information content (AvgIpc) is 3.35. The maximum atomic E-state index is 13.4. The largest absolute Gasteiger partial charge is 0.370 e. The first-order chi connectivity index (χ1) is 15.9. The Labute approximate surface area is 198 Å². The highest BCUT2D eigenvalue weighted by molar-refractivity contribution is 7.09. The van der Waals surface area contributed by atoms with E-state index in [-0.39, 0.29) is 30.2 Å². The van der Waals surface area contributed by atoms with Crippen molar-refractivity contribution in [2.24, 2.45) is 11.8 Å². The molecule has 1 aromatic heterocycles. The summed E-state index contributed by atoms with van der Waals surface area (Å²) in [6.45, 7) is 7.36. The number of benzene rings is 1. The smallest absolute Gasteiger partial charge is 0.264 e. The van der Waals surface area contributed by atoms with Gasteiger partial charge in [0.1, 0.15) is 5.01 Å². The van der Waals surface area contributed by atoms with Gasteiger partial charge in [-0.15, -0.1) is 11.3 Å². The SMILES string of the molecule is Cc1csc(CN2C(=O)c3cccc(N4CCCC(C(=O)N5CCCC(C)C5)C4)c3C2=O)n1. The van der Waals surface area contributed by atoms with Crippen LogP contribution in [0.4, 0.5) is 5.69 Å². The van der Waals surface area contributed by atoms with Crippen LogP contribution in [0.25, 0.3) is 0 Å². The van der Waals surface area contributed by atoms with E-state index in [4.69, 9.17) is 0 Å². The van der Waals surface area contributed by atoms with Gasteiger partial charge in [-0.25, -0.2) is 4.98 Å². The Balaban J connectivity index is 1.36. The zero-order chi connectivity index (χ0) is 23.1. The van der Waals surface area contributed by atoms with Gasteiger partial charge in [0.05, 0.1) is 29.3 Å². The molecule has 3 aliphatic heterocycles. The number of amides is 3. The predicted molar refractivity (Wildman–Crippen MR) is 127 cm³/mol. The van der Waals surface area contributed by atoms with Crippen molar-refractivity contribution in [2.45, 2.75) is 46.1 Å². The molecule has 174 valence electrons. The molecule has 0 spiro atoms. The van der Waals surface area contributed by atoms with Gasteiger partial charge in [0.25, 0.3) is 11.8 Å². The van der Waals surface area contributed by atoms with Crippen LogP contribution < -0.4 is 4.90 Å². The fraction of sp³-hybridized carbons (Fsp3) is 0.520. The van der Waals surface area contributed by atoms with Crippen LogP contribution in [-0.4, -0.2) is 58.7 Å². The molecule has 2 saturated heterocycles. The maximum absolute atomic E-state index is 13.4. The summed E-state index contributed by atoms with van der Waals surface area (Å²) in [7, 11) is 0. The number of aromatic nitrogens is 1. The third-order valence-electron chi connectivity index (χ3n) is 7.02. The van der Waals surface area contributed by atoms with Crippen LogP contribution in [0.3, 0.4) is 0 Å². The first-order valence-electron chi connectivity index (χ1n) is 11.9. The van der Waals surface area contributed by atoms with Crippen molar-refractivity contribution in [3.05, 3.63) is 45.4 Å². The molecule has 2 fully saturated rings. The number of fused-ring (bicyclic) bond motifs is 1. The Bertz CT molecular complexity index is 1100. The molecule has 2 unspecified atom stereocenters. The molecular formula is C25H30N4O3S. The van der Waals surface area contributed by atoms with E-state index < -0.39 is 0 Å². The summed E-state index contributed by atoms with van der Waals surface area (Å²) in [5.74, 6) is 0.188. The number of imide groups is 1. The summed E-state index contributed by atoms with van der Waals surface area (Å²) < 4.78 is 0. The monoisotopic (exact) mass is 466 g/mol. The minimum Gasteiger partial charge on any atom is -0.370 e. The van der Waals surface area contributed by atoms with E-state index in [1.807, 2.05) is 29.3 Å². The molecule has 2 aromatic rings. The Morgan fingerprint density at radius 2 is 1.94 bits per heavy atom. The van der Waals surface area contributed by atoms with Crippen molar-refractivity contribution < 1.29 is 14.4 Å². The summed E-state index contributed by atoms with van der Waals surface area (Å²) in [5, 5.41) is 2.68. The van der Waals surface area contributed by atoms with Gasteiger partial charge in [0, 0.05) is 37.3 Å². The highest BCUT2D eigenvalue weighted by Gasteiger charge is 2.40. The van der Waals surface area contributed by atoms with Crippen LogP contribution in [0.5, 0.6) is 0 Å². The number of rotatable bonds is 4. The number of aryl methyl sites for hydroxylation is 1. The summed E-state index contributed by atoms with van der Waals surface area (Å²) >= 11 is 1.46. The molecule has 0 saturated carbocycles. The van der Waals surface area contributed by atoms with E-state index in [1.165, 1.54) is 22.7 Å². The molecule has 0 radical (unpaired) electrons. The molecule has 5 rings (SSSR count). The van der Waals surface area contributed by atoms with Crippen molar-refractivity contribution in [1.82, 2.24) is 14.8 Å². The van der Waals surface area contributed by atoms with Crippen LogP contribution >= 0.6 is 11.3 Å². The zero-order valence-electron chi connectivity index (χ0n) is 19.2. The van der Waals surface area contributed by atoms with Crippen molar-refractivity contribution in [2.75, 3.05) is 31.1 Å². The topological polar surface area (TPSA) is 73.8 Å². The molecule has 1 aromatic carbocycles. The lowest BCUT2D eigenvalue weighted by Crippen LogP contribution is -2.48. The van der Waals surface area contributed by atoms with Gasteiger partial charge in [-0.05, 0) is 50.7 Å². The summed E-state index contributed by atoms with van der Waals surface area (Å²) in [6, 6.07) is 5.49. The van der Waals surface area contributed by atoms with E-state index >= 15 is 0 Å². The van der Waals surface area contributed by atoms with Crippen molar-refractivity contribution in [3.8, 4) is 0 Å². The molecule has 0 bridgehead atoms. The fourth-order valence-electron chi connectivity index (χ4n) is 5.38. The van der Waals surface area contributed by atoms with Crippen LogP contribution in [0.1, 0.15) is 64.0 Å². The second-order valence-corrected chi connectivity index (χ2v) is 10.5. The molecule has 3 amide bonds. The quantitative estimate of drug-likeness (QED) is 0.642. The number of thiazole rings is 1. The maximum Gasteiger partial charge on any atom is 0.264 e. The van der Waals surface area contributed by atoms with Crippen molar-refractivity contribution >= 4 is 34.7 Å². The highest BCUT2D eigenvalue weighted by Crippen LogP contribution is 2.35. The number of carbonyl (C=O) groups excluding carboxylic acids is 3. The van der Waals surface area contributed by atoms with Gasteiger partial charge in [-0.1, -0.05) is 13.0 Å². The number of nitrogens with zero attached hydrogens (tertiary/aromatic N) is 4. The molecule has 3 aliphatic rings. The van der Waals surface area contributed by atoms with Gasteiger partial charge < -0.3 is 9.80 Å². The number of hydrogen-bond donors (Lipinski definition) is 0. The van der Waals surface area contributed by atoms with Crippen LogP contribution in [0.2, 0.25) is 0 Å². The summed E-state index contributed by atoms with van der Waals surface area (Å²) in [6.07, 6.45) is 4.02. The van der Waals surface area contributed by atoms with Gasteiger partial charge in [0.2, 0.25) is 5.91 Å². The third kappa shape index (κ3) is 4.16. The van der Waals surface area contributed by atoms with Gasteiger partial charge in [0.15, 0.2) is 0 Å². The molecule has 0 aliphatic carbocycles. The molecule has 2 atom stereocenters. The Morgan fingerprint density at radius 1 is 1.12 bits per heavy atom. The van der Waals surface area contributed by atoms with Crippen molar-refractivity contribution in [1.29, 1.82) is 0 Å². The Hall–Kier alpha value is -2.74.